The molecular formula is C13H15N3. The second-order valence-electron chi connectivity index (χ2n) is 3.79. The van der Waals surface area contributed by atoms with Crippen molar-refractivity contribution in [3.8, 4) is 0 Å². The summed E-state index contributed by atoms with van der Waals surface area (Å²) in [6.07, 6.45) is 8.77. The SMILES string of the molecule is NC=NC=Nc1ccc(C=C2CCC2)cc1. The average molecular weight is 213 g/mol. The molecule has 3 heteroatoms. The monoisotopic (exact) mass is 213 g/mol. The Morgan fingerprint density at radius 2 is 1.88 bits per heavy atom. The van der Waals surface area contributed by atoms with Crippen LogP contribution in [0.3, 0.4) is 0 Å². The Morgan fingerprint density at radius 1 is 1.12 bits per heavy atom. The van der Waals surface area contributed by atoms with Crippen molar-refractivity contribution in [3.05, 3.63) is 35.4 Å². The molecule has 0 bridgehead atoms. The molecule has 82 valence electrons. The van der Waals surface area contributed by atoms with Crippen LogP contribution in [0, 0.1) is 0 Å². The van der Waals surface area contributed by atoms with Crippen LogP contribution in [0.15, 0.2) is 39.8 Å². The average Bonchev–Trinajstić information content (AvgIpc) is 2.26. The van der Waals surface area contributed by atoms with E-state index in [4.69, 9.17) is 5.73 Å². The predicted octanol–water partition coefficient (Wildman–Crippen LogP) is 2.90. The first kappa shape index (κ1) is 10.6. The molecule has 1 saturated carbocycles. The lowest BCUT2D eigenvalue weighted by Gasteiger charge is -2.15. The summed E-state index contributed by atoms with van der Waals surface area (Å²) < 4.78 is 0. The second-order valence-corrected chi connectivity index (χ2v) is 3.79. The Bertz CT molecular complexity index is 421. The van der Waals surface area contributed by atoms with Crippen molar-refractivity contribution in [1.82, 2.24) is 0 Å². The minimum atomic E-state index is 0.890. The van der Waals surface area contributed by atoms with E-state index in [0.29, 0.717) is 0 Å². The van der Waals surface area contributed by atoms with E-state index < -0.39 is 0 Å². The van der Waals surface area contributed by atoms with Crippen LogP contribution in [0.1, 0.15) is 24.8 Å². The van der Waals surface area contributed by atoms with Gasteiger partial charge in [-0.25, -0.2) is 9.98 Å². The Labute approximate surface area is 95.4 Å². The predicted molar refractivity (Wildman–Crippen MR) is 69.1 cm³/mol. The number of allylic oxidation sites excluding steroid dienone is 1. The van der Waals surface area contributed by atoms with Gasteiger partial charge in [0.15, 0.2) is 0 Å². The fraction of sp³-hybridized carbons (Fsp3) is 0.231. The molecule has 1 aliphatic carbocycles. The summed E-state index contributed by atoms with van der Waals surface area (Å²) in [6, 6.07) is 8.11. The molecule has 2 rings (SSSR count). The number of nitrogens with two attached hydrogens (primary N) is 1. The summed E-state index contributed by atoms with van der Waals surface area (Å²) in [5, 5.41) is 0. The number of rotatable bonds is 3. The molecule has 0 saturated heterocycles. The van der Waals surface area contributed by atoms with Gasteiger partial charge in [-0.2, -0.15) is 0 Å². The summed E-state index contributed by atoms with van der Waals surface area (Å²) in [5.74, 6) is 0. The standard InChI is InChI=1S/C13H15N3/c14-9-15-10-16-13-6-4-12(5-7-13)8-11-2-1-3-11/h4-10H,1-3H2,(H2,14,15,16). The highest BCUT2D eigenvalue weighted by Gasteiger charge is 2.07. The first-order valence-electron chi connectivity index (χ1n) is 5.44. The lowest BCUT2D eigenvalue weighted by Crippen LogP contribution is -1.95. The highest BCUT2D eigenvalue weighted by Crippen LogP contribution is 2.27. The van der Waals surface area contributed by atoms with Crippen LogP contribution in [-0.2, 0) is 0 Å². The Hall–Kier alpha value is -1.90. The van der Waals surface area contributed by atoms with E-state index in [-0.39, 0.29) is 0 Å². The molecule has 1 aromatic rings. The number of hydrogen-bond acceptors (Lipinski definition) is 1. The van der Waals surface area contributed by atoms with Crippen molar-refractivity contribution in [1.29, 1.82) is 0 Å². The summed E-state index contributed by atoms with van der Waals surface area (Å²) in [7, 11) is 0. The van der Waals surface area contributed by atoms with E-state index in [1.54, 1.807) is 5.57 Å². The zero-order chi connectivity index (χ0) is 11.2. The molecule has 0 aromatic heterocycles. The molecule has 2 N–H and O–H groups in total. The first-order valence-corrected chi connectivity index (χ1v) is 5.44. The quantitative estimate of drug-likeness (QED) is 0.609. The molecule has 16 heavy (non-hydrogen) atoms. The number of nitrogens with zero attached hydrogens (tertiary/aromatic N) is 2. The highest BCUT2D eigenvalue weighted by atomic mass is 14.9. The van der Waals surface area contributed by atoms with Crippen molar-refractivity contribution in [3.63, 3.8) is 0 Å². The molecule has 3 nitrogen and oxygen atoms in total. The molecular weight excluding hydrogens is 198 g/mol. The fourth-order valence-electron chi connectivity index (χ4n) is 1.56. The van der Waals surface area contributed by atoms with Gasteiger partial charge in [0.25, 0.3) is 0 Å². The molecule has 0 heterocycles. The first-order chi connectivity index (χ1) is 7.88. The fourth-order valence-corrected chi connectivity index (χ4v) is 1.56. The van der Waals surface area contributed by atoms with Crippen molar-refractivity contribution in [2.45, 2.75) is 19.3 Å². The number of aliphatic imine (C=N–C) groups is 2. The third kappa shape index (κ3) is 2.79. The topological polar surface area (TPSA) is 50.7 Å². The van der Waals surface area contributed by atoms with E-state index in [2.05, 4.69) is 28.2 Å². The van der Waals surface area contributed by atoms with Gasteiger partial charge in [-0.15, -0.1) is 0 Å². The van der Waals surface area contributed by atoms with Gasteiger partial charge in [0.1, 0.15) is 6.34 Å². The van der Waals surface area contributed by atoms with Crippen LogP contribution in [0.2, 0.25) is 0 Å². The smallest absolute Gasteiger partial charge is 0.117 e. The van der Waals surface area contributed by atoms with Crippen molar-refractivity contribution in [2.24, 2.45) is 15.7 Å². The van der Waals surface area contributed by atoms with Gasteiger partial charge in [0.05, 0.1) is 12.0 Å². The Morgan fingerprint density at radius 3 is 2.44 bits per heavy atom. The van der Waals surface area contributed by atoms with Gasteiger partial charge in [0, 0.05) is 0 Å². The highest BCUT2D eigenvalue weighted by molar-refractivity contribution is 5.72. The van der Waals surface area contributed by atoms with E-state index in [1.165, 1.54) is 37.5 Å². The lowest BCUT2D eigenvalue weighted by atomic mass is 9.91. The van der Waals surface area contributed by atoms with Gasteiger partial charge in [-0.1, -0.05) is 23.8 Å². The minimum absolute atomic E-state index is 0.890. The molecule has 0 atom stereocenters. The van der Waals surface area contributed by atoms with Crippen LogP contribution >= 0.6 is 0 Å². The molecule has 0 radical (unpaired) electrons. The molecule has 0 amide bonds. The summed E-state index contributed by atoms with van der Waals surface area (Å²) in [6.45, 7) is 0. The number of benzene rings is 1. The number of hydrogen-bond donors (Lipinski definition) is 1. The van der Waals surface area contributed by atoms with Gasteiger partial charge in [0.2, 0.25) is 0 Å². The normalized spacial score (nSPS) is 15.6. The minimum Gasteiger partial charge on any atom is -0.390 e. The zero-order valence-electron chi connectivity index (χ0n) is 9.13. The molecule has 0 unspecified atom stereocenters. The Balaban J connectivity index is 2.04. The maximum atomic E-state index is 5.10. The van der Waals surface area contributed by atoms with E-state index in [9.17, 15) is 0 Å². The maximum Gasteiger partial charge on any atom is 0.117 e. The summed E-state index contributed by atoms with van der Waals surface area (Å²) in [5.41, 5.74) is 8.78. The molecule has 0 spiro atoms. The van der Waals surface area contributed by atoms with Crippen LogP contribution in [0.4, 0.5) is 5.69 Å². The van der Waals surface area contributed by atoms with E-state index >= 15 is 0 Å². The molecule has 0 aliphatic heterocycles. The van der Waals surface area contributed by atoms with Gasteiger partial charge in [-0.05, 0) is 37.0 Å². The molecule has 1 fully saturated rings. The third-order valence-corrected chi connectivity index (χ3v) is 2.62. The second kappa shape index (κ2) is 5.26. The van der Waals surface area contributed by atoms with Crippen LogP contribution in [0.25, 0.3) is 6.08 Å². The largest absolute Gasteiger partial charge is 0.390 e. The molecule has 1 aromatic carbocycles. The summed E-state index contributed by atoms with van der Waals surface area (Å²) in [4.78, 5) is 7.84. The Kier molecular flexibility index (Phi) is 3.49. The van der Waals surface area contributed by atoms with Crippen molar-refractivity contribution >= 4 is 24.4 Å². The summed E-state index contributed by atoms with van der Waals surface area (Å²) >= 11 is 0. The van der Waals surface area contributed by atoms with Crippen molar-refractivity contribution in [2.75, 3.05) is 0 Å². The third-order valence-electron chi connectivity index (χ3n) is 2.62. The van der Waals surface area contributed by atoms with Gasteiger partial charge >= 0.3 is 0 Å². The van der Waals surface area contributed by atoms with E-state index in [1.807, 2.05) is 12.1 Å². The molecule has 1 aliphatic rings. The van der Waals surface area contributed by atoms with Crippen molar-refractivity contribution < 1.29 is 0 Å². The van der Waals surface area contributed by atoms with Gasteiger partial charge < -0.3 is 5.73 Å². The van der Waals surface area contributed by atoms with Gasteiger partial charge in [-0.3, -0.25) is 0 Å². The van der Waals surface area contributed by atoms with Crippen LogP contribution in [-0.4, -0.2) is 12.7 Å². The maximum absolute atomic E-state index is 5.10. The zero-order valence-corrected chi connectivity index (χ0v) is 9.13. The van der Waals surface area contributed by atoms with E-state index in [0.717, 1.165) is 5.69 Å². The van der Waals surface area contributed by atoms with Crippen LogP contribution < -0.4 is 5.73 Å². The van der Waals surface area contributed by atoms with Crippen LogP contribution in [0.5, 0.6) is 0 Å². The lowest BCUT2D eigenvalue weighted by molar-refractivity contribution is 0.670.